The minimum absolute atomic E-state index is 0.595. The second-order valence-corrected chi connectivity index (χ2v) is 3.83. The Morgan fingerprint density at radius 3 is 3.08 bits per heavy atom. The van der Waals surface area contributed by atoms with E-state index in [0.717, 1.165) is 5.82 Å². The highest BCUT2D eigenvalue weighted by Crippen LogP contribution is 2.20. The highest BCUT2D eigenvalue weighted by atomic mass is 15.1. The smallest absolute Gasteiger partial charge is 0.279 e. The van der Waals surface area contributed by atoms with Gasteiger partial charge in [0.15, 0.2) is 0 Å². The van der Waals surface area contributed by atoms with Crippen molar-refractivity contribution in [3.63, 3.8) is 0 Å². The van der Waals surface area contributed by atoms with E-state index in [0.29, 0.717) is 6.04 Å². The summed E-state index contributed by atoms with van der Waals surface area (Å²) in [6.45, 7) is 1.26. The van der Waals surface area contributed by atoms with Crippen LogP contribution in [-0.4, -0.2) is 13.6 Å². The SMILES string of the molecule is C[NH+]1CCC[C@@H]1c1ccc[nH+]c1N. The van der Waals surface area contributed by atoms with Crippen molar-refractivity contribution in [1.82, 2.24) is 0 Å². The zero-order valence-electron chi connectivity index (χ0n) is 8.01. The van der Waals surface area contributed by atoms with Crippen LogP contribution in [0.3, 0.4) is 0 Å². The number of aromatic nitrogens is 1. The Bertz CT molecular complexity index is 298. The van der Waals surface area contributed by atoms with Gasteiger partial charge in [-0.15, -0.1) is 0 Å². The molecule has 70 valence electrons. The number of aromatic amines is 1. The van der Waals surface area contributed by atoms with Gasteiger partial charge in [-0.3, -0.25) is 5.73 Å². The Morgan fingerprint density at radius 2 is 2.46 bits per heavy atom. The van der Waals surface area contributed by atoms with E-state index in [1.807, 2.05) is 12.3 Å². The van der Waals surface area contributed by atoms with Crippen LogP contribution >= 0.6 is 0 Å². The van der Waals surface area contributed by atoms with Crippen molar-refractivity contribution in [2.75, 3.05) is 19.3 Å². The van der Waals surface area contributed by atoms with Crippen LogP contribution in [0.25, 0.3) is 0 Å². The van der Waals surface area contributed by atoms with Crippen molar-refractivity contribution in [3.8, 4) is 0 Å². The number of anilines is 1. The predicted molar refractivity (Wildman–Crippen MR) is 51.1 cm³/mol. The van der Waals surface area contributed by atoms with E-state index >= 15 is 0 Å². The lowest BCUT2D eigenvalue weighted by Crippen LogP contribution is -3.07. The molecular weight excluding hydrogens is 162 g/mol. The first-order valence-corrected chi connectivity index (χ1v) is 4.87. The van der Waals surface area contributed by atoms with Gasteiger partial charge in [0, 0.05) is 12.8 Å². The summed E-state index contributed by atoms with van der Waals surface area (Å²) in [7, 11) is 2.24. The zero-order valence-corrected chi connectivity index (χ0v) is 8.01. The number of quaternary nitrogens is 1. The van der Waals surface area contributed by atoms with Crippen molar-refractivity contribution in [2.24, 2.45) is 0 Å². The van der Waals surface area contributed by atoms with Crippen LogP contribution in [0.1, 0.15) is 24.4 Å². The van der Waals surface area contributed by atoms with E-state index in [9.17, 15) is 0 Å². The molecule has 1 aromatic rings. The minimum Gasteiger partial charge on any atom is -0.331 e. The number of pyridine rings is 1. The standard InChI is InChI=1S/C10H15N3/c1-13-7-3-5-9(13)8-4-2-6-12-10(8)11/h2,4,6,9H,3,5,7H2,1H3,(H2,11,12)/p+2/t9-/m1/s1. The number of nitrogen functional groups attached to an aromatic ring is 1. The third kappa shape index (κ3) is 1.52. The molecular formula is C10H17N3+2. The second kappa shape index (κ2) is 3.34. The van der Waals surface area contributed by atoms with Crippen LogP contribution in [0.4, 0.5) is 5.82 Å². The van der Waals surface area contributed by atoms with Gasteiger partial charge < -0.3 is 4.90 Å². The van der Waals surface area contributed by atoms with Crippen LogP contribution in [0.2, 0.25) is 0 Å². The summed E-state index contributed by atoms with van der Waals surface area (Å²) in [6.07, 6.45) is 4.45. The molecule has 2 rings (SSSR count). The third-order valence-electron chi connectivity index (χ3n) is 2.96. The van der Waals surface area contributed by atoms with E-state index in [1.165, 1.54) is 24.9 Å². The maximum atomic E-state index is 5.89. The van der Waals surface area contributed by atoms with Gasteiger partial charge in [0.2, 0.25) is 0 Å². The highest BCUT2D eigenvalue weighted by molar-refractivity contribution is 5.34. The molecule has 0 spiro atoms. The molecule has 1 aliphatic heterocycles. The molecule has 3 heteroatoms. The molecule has 2 heterocycles. The monoisotopic (exact) mass is 179 g/mol. The first-order chi connectivity index (χ1) is 6.29. The second-order valence-electron chi connectivity index (χ2n) is 3.83. The normalized spacial score (nSPS) is 27.8. The van der Waals surface area contributed by atoms with Crippen molar-refractivity contribution < 1.29 is 9.88 Å². The van der Waals surface area contributed by atoms with Gasteiger partial charge >= 0.3 is 0 Å². The molecule has 1 fully saturated rings. The number of hydrogen-bond acceptors (Lipinski definition) is 1. The average molecular weight is 179 g/mol. The van der Waals surface area contributed by atoms with Crippen LogP contribution in [-0.2, 0) is 0 Å². The first kappa shape index (κ1) is 8.51. The van der Waals surface area contributed by atoms with Gasteiger partial charge in [0.25, 0.3) is 5.82 Å². The number of rotatable bonds is 1. The van der Waals surface area contributed by atoms with Crippen LogP contribution < -0.4 is 15.6 Å². The lowest BCUT2D eigenvalue weighted by Gasteiger charge is -2.15. The molecule has 3 nitrogen and oxygen atoms in total. The summed E-state index contributed by atoms with van der Waals surface area (Å²) >= 11 is 0. The number of likely N-dealkylation sites (tertiary alicyclic amines) is 1. The minimum atomic E-state index is 0.595. The van der Waals surface area contributed by atoms with Crippen LogP contribution in [0, 0.1) is 0 Å². The fourth-order valence-corrected chi connectivity index (χ4v) is 2.19. The van der Waals surface area contributed by atoms with Crippen molar-refractivity contribution in [2.45, 2.75) is 18.9 Å². The Morgan fingerprint density at radius 1 is 1.62 bits per heavy atom. The maximum absolute atomic E-state index is 5.89. The average Bonchev–Trinajstić information content (AvgIpc) is 2.52. The molecule has 1 aliphatic rings. The van der Waals surface area contributed by atoms with Gasteiger partial charge in [-0.25, -0.2) is 4.98 Å². The number of hydrogen-bond donors (Lipinski definition) is 2. The van der Waals surface area contributed by atoms with E-state index in [4.69, 9.17) is 5.73 Å². The summed E-state index contributed by atoms with van der Waals surface area (Å²) in [5.74, 6) is 0.828. The van der Waals surface area contributed by atoms with Crippen LogP contribution in [0.15, 0.2) is 18.3 Å². The van der Waals surface area contributed by atoms with Crippen LogP contribution in [0.5, 0.6) is 0 Å². The molecule has 0 bridgehead atoms. The molecule has 13 heavy (non-hydrogen) atoms. The fourth-order valence-electron chi connectivity index (χ4n) is 2.19. The molecule has 4 N–H and O–H groups in total. The molecule has 1 saturated heterocycles. The largest absolute Gasteiger partial charge is 0.331 e. The lowest BCUT2D eigenvalue weighted by molar-refractivity contribution is -0.898. The van der Waals surface area contributed by atoms with Crippen molar-refractivity contribution in [1.29, 1.82) is 0 Å². The van der Waals surface area contributed by atoms with Gasteiger partial charge in [0.05, 0.1) is 25.4 Å². The molecule has 0 radical (unpaired) electrons. The Labute approximate surface area is 78.6 Å². The number of nitrogens with one attached hydrogen (secondary N) is 2. The van der Waals surface area contributed by atoms with Gasteiger partial charge in [-0.1, -0.05) is 0 Å². The van der Waals surface area contributed by atoms with Crippen molar-refractivity contribution in [3.05, 3.63) is 23.9 Å². The number of nitrogens with two attached hydrogens (primary N) is 1. The number of H-pyrrole nitrogens is 1. The molecule has 1 unspecified atom stereocenters. The molecule has 0 amide bonds. The molecule has 1 aromatic heterocycles. The summed E-state index contributed by atoms with van der Waals surface area (Å²) in [4.78, 5) is 4.64. The molecule has 0 aromatic carbocycles. The Balaban J connectivity index is 2.29. The van der Waals surface area contributed by atoms with Gasteiger partial charge in [-0.05, 0) is 12.1 Å². The van der Waals surface area contributed by atoms with E-state index in [1.54, 1.807) is 4.90 Å². The zero-order chi connectivity index (χ0) is 9.26. The van der Waals surface area contributed by atoms with E-state index in [2.05, 4.69) is 18.1 Å². The quantitative estimate of drug-likeness (QED) is 0.596. The third-order valence-corrected chi connectivity index (χ3v) is 2.96. The summed E-state index contributed by atoms with van der Waals surface area (Å²) in [6, 6.07) is 4.75. The van der Waals surface area contributed by atoms with Gasteiger partial charge in [0.1, 0.15) is 6.04 Å². The Hall–Kier alpha value is -1.09. The molecule has 0 saturated carbocycles. The highest BCUT2D eigenvalue weighted by Gasteiger charge is 2.29. The summed E-state index contributed by atoms with van der Waals surface area (Å²) < 4.78 is 0. The van der Waals surface area contributed by atoms with E-state index in [-0.39, 0.29) is 0 Å². The molecule has 0 aliphatic carbocycles. The first-order valence-electron chi connectivity index (χ1n) is 4.87. The lowest BCUT2D eigenvalue weighted by atomic mass is 10.1. The van der Waals surface area contributed by atoms with Crippen molar-refractivity contribution >= 4 is 5.82 Å². The van der Waals surface area contributed by atoms with Gasteiger partial charge in [-0.2, -0.15) is 0 Å². The summed E-state index contributed by atoms with van der Waals surface area (Å²) in [5, 5.41) is 0. The fraction of sp³-hybridized carbons (Fsp3) is 0.500. The molecule has 2 atom stereocenters. The Kier molecular flexibility index (Phi) is 2.19. The summed E-state index contributed by atoms with van der Waals surface area (Å²) in [5.41, 5.74) is 7.17. The predicted octanol–water partition coefficient (Wildman–Crippen LogP) is -0.567. The maximum Gasteiger partial charge on any atom is 0.279 e. The topological polar surface area (TPSA) is 44.6 Å². The van der Waals surface area contributed by atoms with E-state index < -0.39 is 0 Å².